The number of pyridine rings is 3. The summed E-state index contributed by atoms with van der Waals surface area (Å²) in [6.45, 7) is 4.67. The molecule has 0 aliphatic carbocycles. The van der Waals surface area contributed by atoms with Crippen LogP contribution in [0.25, 0.3) is 178 Å². The maximum atomic E-state index is 14.8. The van der Waals surface area contributed by atoms with E-state index in [2.05, 4.69) is 121 Å². The number of benzene rings is 12. The van der Waals surface area contributed by atoms with E-state index in [1.54, 1.807) is 12.3 Å². The van der Waals surface area contributed by atoms with Crippen LogP contribution >= 0.6 is 0 Å². The van der Waals surface area contributed by atoms with Crippen LogP contribution in [0.3, 0.4) is 0 Å². The van der Waals surface area contributed by atoms with Crippen LogP contribution in [-0.2, 0) is 30.9 Å². The smallest absolute Gasteiger partial charge is 0.456 e. The van der Waals surface area contributed by atoms with Crippen LogP contribution < -0.4 is 0 Å². The largest absolute Gasteiger partial charge is 3.00 e. The maximum absolute atomic E-state index is 14.8. The van der Waals surface area contributed by atoms with Crippen LogP contribution in [-0.4, -0.2) is 27.3 Å². The number of hydrogen-bond donors (Lipinski definition) is 0. The molecule has 5 heterocycles. The molecule has 17 rings (SSSR count). The molecule has 0 bridgehead atoms. The van der Waals surface area contributed by atoms with Crippen LogP contribution in [0.5, 0.6) is 0 Å². The fourth-order valence-corrected chi connectivity index (χ4v) is 14.6. The van der Waals surface area contributed by atoms with Gasteiger partial charge in [-0.05, 0) is 161 Å². The van der Waals surface area contributed by atoms with E-state index in [-0.39, 0.29) is 31.2 Å². The van der Waals surface area contributed by atoms with E-state index in [1.165, 1.54) is 44.4 Å². The van der Waals surface area contributed by atoms with Gasteiger partial charge in [-0.3, -0.25) is 0 Å². The van der Waals surface area contributed by atoms with E-state index in [0.717, 1.165) is 147 Å². The molecule has 0 fully saturated rings. The number of rotatable bonds is 14. The van der Waals surface area contributed by atoms with Crippen molar-refractivity contribution < 1.29 is 55.3 Å². The summed E-state index contributed by atoms with van der Waals surface area (Å²) in [6.07, 6.45) is -4.53. The zero-order valence-electron chi connectivity index (χ0n) is 58.1. The number of hydrogen-bond acceptors (Lipinski definition) is 5. The molecular weight excluding hydrogens is 1520 g/mol. The number of para-hydroxylation sites is 2. The summed E-state index contributed by atoms with van der Waals surface area (Å²) >= 11 is 0. The van der Waals surface area contributed by atoms with Crippen LogP contribution in [0.2, 0.25) is 0 Å². The molecule has 0 spiro atoms. The zero-order valence-corrected chi connectivity index (χ0v) is 60.5. The first kappa shape index (κ1) is 69.3. The molecule has 107 heavy (non-hydrogen) atoms. The summed E-state index contributed by atoms with van der Waals surface area (Å²) in [7, 11) is 0. The standard InChI is InChI=1S/C95H62F6N3O2.Ir/c1-92(2,94(96,97)98)65-47-49-103-85(56-65)61-41-45-75(82(55-61)77-33-21-38-89-91(77)79-31-15-17-36-87(79)106-89)72-29-13-10-26-69(72)64-51-62(67-24-8-11-27-70(67)73-43-39-59(83-34-18-19-48-102-83)53-80(73)58-22-6-5-7-23-58)50-63(52-64)68-25-9-12-28-71(68)74-44-40-60(84-46-42-66(57-104-84)93(3,4)95(99,100)101)54-81(74)76-32-20-37-88-90(76)78-30-14-16-35-86(78)105-88;/h5-38,42-57H,1-4H3;/q-3;+3. The molecule has 0 unspecified atom stereocenters. The molecule has 5 aromatic heterocycles. The molecule has 0 N–H and O–H groups in total. The van der Waals surface area contributed by atoms with Crippen molar-refractivity contribution in [1.82, 2.24) is 15.0 Å². The summed E-state index contributed by atoms with van der Waals surface area (Å²) in [5.41, 5.74) is 17.8. The van der Waals surface area contributed by atoms with Crippen LogP contribution in [0.4, 0.5) is 26.3 Å². The molecule has 17 aromatic rings. The van der Waals surface area contributed by atoms with Gasteiger partial charge in [0.25, 0.3) is 0 Å². The monoisotopic (exact) mass is 1580 g/mol. The van der Waals surface area contributed by atoms with E-state index < -0.39 is 23.2 Å². The number of halogens is 6. The van der Waals surface area contributed by atoms with Gasteiger partial charge in [-0.1, -0.05) is 244 Å². The minimum Gasteiger partial charge on any atom is -0.456 e. The maximum Gasteiger partial charge on any atom is 3.00 e. The van der Waals surface area contributed by atoms with E-state index in [1.807, 2.05) is 158 Å². The number of fused-ring (bicyclic) bond motifs is 6. The van der Waals surface area contributed by atoms with Crippen molar-refractivity contribution in [1.29, 1.82) is 0 Å². The second-order valence-electron chi connectivity index (χ2n) is 27.7. The Kier molecular flexibility index (Phi) is 17.8. The Morgan fingerprint density at radius 1 is 0.280 bits per heavy atom. The van der Waals surface area contributed by atoms with Gasteiger partial charge in [0, 0.05) is 40.1 Å². The molecule has 0 aliphatic rings. The Hall–Kier alpha value is -12.1. The predicted molar refractivity (Wildman–Crippen MR) is 414 cm³/mol. The molecule has 0 atom stereocenters. The van der Waals surface area contributed by atoms with Gasteiger partial charge >= 0.3 is 32.5 Å². The first-order chi connectivity index (χ1) is 51.3. The Bertz CT molecular complexity index is 6260. The van der Waals surface area contributed by atoms with Gasteiger partial charge in [0.2, 0.25) is 0 Å². The third kappa shape index (κ3) is 12.5. The van der Waals surface area contributed by atoms with Gasteiger partial charge in [0.05, 0.1) is 10.8 Å². The van der Waals surface area contributed by atoms with Crippen molar-refractivity contribution in [2.75, 3.05) is 0 Å². The van der Waals surface area contributed by atoms with Gasteiger partial charge < -0.3 is 23.8 Å². The van der Waals surface area contributed by atoms with Gasteiger partial charge in [-0.25, -0.2) is 0 Å². The molecule has 520 valence electrons. The van der Waals surface area contributed by atoms with Crippen molar-refractivity contribution in [3.05, 3.63) is 333 Å². The van der Waals surface area contributed by atoms with Gasteiger partial charge in [0.1, 0.15) is 22.3 Å². The third-order valence-corrected chi connectivity index (χ3v) is 20.7. The van der Waals surface area contributed by atoms with Gasteiger partial charge in [0.15, 0.2) is 0 Å². The second kappa shape index (κ2) is 27.4. The van der Waals surface area contributed by atoms with E-state index in [0.29, 0.717) is 44.8 Å². The number of aromatic nitrogens is 3. The summed E-state index contributed by atoms with van der Waals surface area (Å²) in [5, 5.41) is 3.56. The van der Waals surface area contributed by atoms with Gasteiger partial charge in [-0.2, -0.15) is 26.3 Å². The SMILES string of the molecule is CC(C)(c1ccc(-c2[c-]cc(-c3ccccc3-c3cc(-c4ccccc4-c4c[c-]c(-c5ccccn5)cc4-c4ccccc4)cc(-c4ccccc4-c4c[c-]c(-c5cc(C(C)(C)C(F)(F)F)ccn5)cc4-c4cccc5oc6ccccc6c45)c3)c(-c3cccc4oc5ccccc5c34)c2)nc1)C(F)(F)F.[Ir+3]. The Labute approximate surface area is 627 Å². The summed E-state index contributed by atoms with van der Waals surface area (Å²) < 4.78 is 101. The van der Waals surface area contributed by atoms with Crippen molar-refractivity contribution in [3.8, 4) is 134 Å². The first-order valence-corrected chi connectivity index (χ1v) is 34.8. The van der Waals surface area contributed by atoms with Crippen LogP contribution in [0.15, 0.2) is 313 Å². The Balaban J connectivity index is 0.00000876. The zero-order chi connectivity index (χ0) is 72.6. The topological polar surface area (TPSA) is 65.0 Å². The predicted octanol–water partition coefficient (Wildman–Crippen LogP) is 26.8. The quantitative estimate of drug-likeness (QED) is 0.0802. The fourth-order valence-electron chi connectivity index (χ4n) is 14.6. The third-order valence-electron chi connectivity index (χ3n) is 20.7. The average Bonchev–Trinajstić information content (AvgIpc) is 1.71. The Morgan fingerprint density at radius 2 is 0.673 bits per heavy atom. The minimum atomic E-state index is -4.54. The normalized spacial score (nSPS) is 12.1. The van der Waals surface area contributed by atoms with Crippen molar-refractivity contribution in [2.24, 2.45) is 0 Å². The van der Waals surface area contributed by atoms with E-state index >= 15 is 0 Å². The molecule has 0 aliphatic heterocycles. The number of furan rings is 2. The molecule has 12 heteroatoms. The fraction of sp³-hybridized carbons (Fsp3) is 0.0842. The minimum absolute atomic E-state index is 0. The second-order valence-corrected chi connectivity index (χ2v) is 27.7. The molecule has 0 amide bonds. The summed E-state index contributed by atoms with van der Waals surface area (Å²) in [4.78, 5) is 14.1. The molecule has 0 saturated heterocycles. The molecule has 12 aromatic carbocycles. The van der Waals surface area contributed by atoms with Crippen molar-refractivity contribution in [2.45, 2.75) is 50.9 Å². The van der Waals surface area contributed by atoms with Crippen LogP contribution in [0.1, 0.15) is 38.8 Å². The molecule has 5 nitrogen and oxygen atoms in total. The summed E-state index contributed by atoms with van der Waals surface area (Å²) in [6, 6.07) is 105. The van der Waals surface area contributed by atoms with Crippen molar-refractivity contribution in [3.63, 3.8) is 0 Å². The first-order valence-electron chi connectivity index (χ1n) is 34.8. The molecule has 0 radical (unpaired) electrons. The number of nitrogens with zero attached hydrogens (tertiary/aromatic N) is 3. The number of alkyl halides is 6. The average molecular weight is 1580 g/mol. The van der Waals surface area contributed by atoms with E-state index in [4.69, 9.17) is 23.8 Å². The summed E-state index contributed by atoms with van der Waals surface area (Å²) in [5.74, 6) is 0. The van der Waals surface area contributed by atoms with Crippen molar-refractivity contribution >= 4 is 43.9 Å². The van der Waals surface area contributed by atoms with Gasteiger partial charge in [-0.15, -0.1) is 71.3 Å². The Morgan fingerprint density at radius 3 is 1.14 bits per heavy atom. The molecular formula is C95H62F6IrN3O2. The molecule has 0 saturated carbocycles. The van der Waals surface area contributed by atoms with E-state index in [9.17, 15) is 26.3 Å². The van der Waals surface area contributed by atoms with Crippen LogP contribution in [0, 0.1) is 18.2 Å².